The van der Waals surface area contributed by atoms with Crippen molar-refractivity contribution in [1.82, 2.24) is 9.55 Å². The maximum absolute atomic E-state index is 13.8. The lowest BCUT2D eigenvalue weighted by Crippen LogP contribution is -2.23. The van der Waals surface area contributed by atoms with Gasteiger partial charge in [-0.3, -0.25) is 14.2 Å². The maximum Gasteiger partial charge on any atom is 0.267 e. The number of rotatable bonds is 6. The van der Waals surface area contributed by atoms with E-state index >= 15 is 0 Å². The van der Waals surface area contributed by atoms with Crippen LogP contribution in [0.1, 0.15) is 23.3 Å². The van der Waals surface area contributed by atoms with Crippen molar-refractivity contribution in [1.29, 1.82) is 0 Å². The number of methoxy groups -OCH3 is 1. The lowest BCUT2D eigenvalue weighted by atomic mass is 9.97. The Kier molecular flexibility index (Phi) is 6.63. The Morgan fingerprint density at radius 3 is 2.62 bits per heavy atom. The second-order valence-electron chi connectivity index (χ2n) is 7.97. The molecule has 0 saturated carbocycles. The number of carbonyl (C=O) groups excluding carboxylic acids is 1. The summed E-state index contributed by atoms with van der Waals surface area (Å²) in [5, 5.41) is 4.67. The van der Waals surface area contributed by atoms with Gasteiger partial charge in [0.25, 0.3) is 5.56 Å². The molecular formula is C25H22ClN3O3S2. The largest absolute Gasteiger partial charge is 0.497 e. The number of nitrogens with one attached hydrogen (secondary N) is 1. The molecule has 2 aromatic carbocycles. The molecule has 34 heavy (non-hydrogen) atoms. The molecule has 1 aliphatic carbocycles. The summed E-state index contributed by atoms with van der Waals surface area (Å²) in [6.45, 7) is 0. The zero-order valence-electron chi connectivity index (χ0n) is 18.5. The van der Waals surface area contributed by atoms with Gasteiger partial charge in [0, 0.05) is 15.6 Å². The van der Waals surface area contributed by atoms with E-state index in [1.807, 2.05) is 24.3 Å². The number of amides is 1. The van der Waals surface area contributed by atoms with Crippen molar-refractivity contribution >= 4 is 56.5 Å². The molecule has 0 unspecified atom stereocenters. The molecule has 0 radical (unpaired) electrons. The number of ether oxygens (including phenoxy) is 1. The number of nitrogens with zero attached hydrogens (tertiary/aromatic N) is 2. The van der Waals surface area contributed by atoms with E-state index in [2.05, 4.69) is 5.32 Å². The fourth-order valence-corrected chi connectivity index (χ4v) is 6.34. The van der Waals surface area contributed by atoms with Crippen LogP contribution in [0.4, 0.5) is 5.69 Å². The maximum atomic E-state index is 13.8. The monoisotopic (exact) mass is 511 g/mol. The molecule has 174 valence electrons. The van der Waals surface area contributed by atoms with Gasteiger partial charge in [0.15, 0.2) is 5.16 Å². The number of carbonyl (C=O) groups is 1. The quantitative estimate of drug-likeness (QED) is 0.265. The third-order valence-corrected chi connectivity index (χ3v) is 8.13. The fraction of sp³-hybridized carbons (Fsp3) is 0.240. The van der Waals surface area contributed by atoms with E-state index in [-0.39, 0.29) is 17.2 Å². The first-order valence-corrected chi connectivity index (χ1v) is 13.1. The zero-order chi connectivity index (χ0) is 23.7. The number of benzene rings is 2. The lowest BCUT2D eigenvalue weighted by molar-refractivity contribution is -0.113. The first-order chi connectivity index (χ1) is 16.5. The Bertz CT molecular complexity index is 1410. The highest BCUT2D eigenvalue weighted by Gasteiger charge is 2.23. The highest BCUT2D eigenvalue weighted by molar-refractivity contribution is 7.99. The molecule has 0 atom stereocenters. The van der Waals surface area contributed by atoms with Crippen molar-refractivity contribution in [3.63, 3.8) is 0 Å². The molecule has 0 aliphatic heterocycles. The molecule has 0 bridgehead atoms. The van der Waals surface area contributed by atoms with Crippen molar-refractivity contribution in [3.05, 3.63) is 74.3 Å². The number of aromatic nitrogens is 2. The Balaban J connectivity index is 1.51. The topological polar surface area (TPSA) is 73.2 Å². The summed E-state index contributed by atoms with van der Waals surface area (Å²) >= 11 is 8.77. The predicted molar refractivity (Wildman–Crippen MR) is 139 cm³/mol. The summed E-state index contributed by atoms with van der Waals surface area (Å²) in [6, 6.07) is 14.2. The van der Waals surface area contributed by atoms with Gasteiger partial charge in [0.1, 0.15) is 10.6 Å². The van der Waals surface area contributed by atoms with Crippen molar-refractivity contribution in [2.24, 2.45) is 0 Å². The SMILES string of the molecule is COc1ccc(-n2c(SCC(=O)Nc3ccc(Cl)cc3)nc3sc4c(c3c2=O)CCCC4)cc1. The van der Waals surface area contributed by atoms with E-state index in [1.165, 1.54) is 16.6 Å². The molecule has 2 aromatic heterocycles. The van der Waals surface area contributed by atoms with Crippen LogP contribution in [-0.2, 0) is 17.6 Å². The number of fused-ring (bicyclic) bond motifs is 3. The third-order valence-electron chi connectivity index (χ3n) is 5.75. The van der Waals surface area contributed by atoms with Crippen LogP contribution < -0.4 is 15.6 Å². The average molecular weight is 512 g/mol. The number of anilines is 1. The smallest absolute Gasteiger partial charge is 0.267 e. The normalized spacial score (nSPS) is 13.0. The van der Waals surface area contributed by atoms with Gasteiger partial charge in [-0.2, -0.15) is 0 Å². The van der Waals surface area contributed by atoms with E-state index in [0.717, 1.165) is 36.1 Å². The van der Waals surface area contributed by atoms with Gasteiger partial charge < -0.3 is 10.1 Å². The van der Waals surface area contributed by atoms with E-state index in [0.29, 0.717) is 32.7 Å². The number of thiophene rings is 1. The summed E-state index contributed by atoms with van der Waals surface area (Å²) in [5.41, 5.74) is 2.41. The second kappa shape index (κ2) is 9.82. The van der Waals surface area contributed by atoms with Gasteiger partial charge in [-0.15, -0.1) is 11.3 Å². The van der Waals surface area contributed by atoms with Crippen LogP contribution in [-0.4, -0.2) is 28.3 Å². The molecule has 2 heterocycles. The minimum atomic E-state index is -0.187. The van der Waals surface area contributed by atoms with E-state index in [4.69, 9.17) is 21.3 Å². The summed E-state index contributed by atoms with van der Waals surface area (Å²) in [6.07, 6.45) is 4.12. The Labute approximate surface area is 209 Å². The van der Waals surface area contributed by atoms with Crippen LogP contribution in [0.5, 0.6) is 5.75 Å². The lowest BCUT2D eigenvalue weighted by Gasteiger charge is -2.14. The zero-order valence-corrected chi connectivity index (χ0v) is 20.9. The van der Waals surface area contributed by atoms with Gasteiger partial charge in [0.2, 0.25) is 5.91 Å². The summed E-state index contributed by atoms with van der Waals surface area (Å²) in [4.78, 5) is 33.3. The summed E-state index contributed by atoms with van der Waals surface area (Å²) < 4.78 is 6.89. The molecule has 5 rings (SSSR count). The van der Waals surface area contributed by atoms with Crippen LogP contribution in [0.2, 0.25) is 5.02 Å². The molecule has 0 spiro atoms. The third kappa shape index (κ3) is 4.58. The van der Waals surface area contributed by atoms with Crippen LogP contribution in [0.3, 0.4) is 0 Å². The van der Waals surface area contributed by atoms with Gasteiger partial charge in [-0.1, -0.05) is 23.4 Å². The Hall–Kier alpha value is -2.81. The van der Waals surface area contributed by atoms with E-state index in [9.17, 15) is 9.59 Å². The second-order valence-corrected chi connectivity index (χ2v) is 10.4. The molecule has 6 nitrogen and oxygen atoms in total. The van der Waals surface area contributed by atoms with E-state index < -0.39 is 0 Å². The molecule has 9 heteroatoms. The minimum absolute atomic E-state index is 0.0878. The first kappa shape index (κ1) is 23.0. The number of hydrogen-bond donors (Lipinski definition) is 1. The molecule has 0 saturated heterocycles. The van der Waals surface area contributed by atoms with Gasteiger partial charge >= 0.3 is 0 Å². The average Bonchev–Trinajstić information content (AvgIpc) is 3.23. The van der Waals surface area contributed by atoms with Gasteiger partial charge in [0.05, 0.1) is 23.9 Å². The van der Waals surface area contributed by atoms with Crippen LogP contribution in [0.25, 0.3) is 15.9 Å². The summed E-state index contributed by atoms with van der Waals surface area (Å²) in [7, 11) is 1.60. The number of hydrogen-bond acceptors (Lipinski definition) is 6. The molecule has 4 aromatic rings. The highest BCUT2D eigenvalue weighted by atomic mass is 35.5. The molecular weight excluding hydrogens is 490 g/mol. The van der Waals surface area contributed by atoms with Crippen molar-refractivity contribution in [2.45, 2.75) is 30.8 Å². The highest BCUT2D eigenvalue weighted by Crippen LogP contribution is 2.35. The standard InChI is InChI=1S/C25H22ClN3O3S2/c1-32-18-12-10-17(11-13-18)29-24(31)22-19-4-2-3-5-20(19)34-23(22)28-25(29)33-14-21(30)27-16-8-6-15(26)7-9-16/h6-13H,2-5,14H2,1H3,(H,27,30). The number of halogens is 1. The van der Waals surface area contributed by atoms with E-state index in [1.54, 1.807) is 47.3 Å². The van der Waals surface area contributed by atoms with Crippen LogP contribution >= 0.6 is 34.7 Å². The number of thioether (sulfide) groups is 1. The summed E-state index contributed by atoms with van der Waals surface area (Å²) in [5.74, 6) is 0.630. The predicted octanol–water partition coefficient (Wildman–Crippen LogP) is 5.72. The van der Waals surface area contributed by atoms with Gasteiger partial charge in [-0.25, -0.2) is 4.98 Å². The van der Waals surface area contributed by atoms with Crippen molar-refractivity contribution in [3.8, 4) is 11.4 Å². The first-order valence-electron chi connectivity index (χ1n) is 10.9. The molecule has 1 N–H and O–H groups in total. The molecule has 1 aliphatic rings. The fourth-order valence-electron chi connectivity index (χ4n) is 4.10. The Morgan fingerprint density at radius 1 is 1.15 bits per heavy atom. The Morgan fingerprint density at radius 2 is 1.88 bits per heavy atom. The number of aryl methyl sites for hydroxylation is 2. The van der Waals surface area contributed by atoms with Crippen molar-refractivity contribution < 1.29 is 9.53 Å². The van der Waals surface area contributed by atoms with Crippen LogP contribution in [0, 0.1) is 0 Å². The molecule has 1 amide bonds. The molecule has 0 fully saturated rings. The van der Waals surface area contributed by atoms with Gasteiger partial charge in [-0.05, 0) is 79.8 Å². The minimum Gasteiger partial charge on any atom is -0.497 e. The van der Waals surface area contributed by atoms with Crippen LogP contribution in [0.15, 0.2) is 58.5 Å². The van der Waals surface area contributed by atoms with Crippen molar-refractivity contribution in [2.75, 3.05) is 18.2 Å².